The third kappa shape index (κ3) is 4.87. The highest BCUT2D eigenvalue weighted by molar-refractivity contribution is 6.17. The molecule has 0 bridgehead atoms. The molecule has 0 fully saturated rings. The third-order valence-corrected chi connectivity index (χ3v) is 3.25. The lowest BCUT2D eigenvalue weighted by molar-refractivity contribution is 0.284. The molecule has 0 radical (unpaired) electrons. The van der Waals surface area contributed by atoms with Crippen LogP contribution in [0.4, 0.5) is 5.69 Å². The Balaban J connectivity index is 1.79. The van der Waals surface area contributed by atoms with Crippen LogP contribution in [0.25, 0.3) is 0 Å². The van der Waals surface area contributed by atoms with Crippen molar-refractivity contribution in [2.45, 2.75) is 12.8 Å². The van der Waals surface area contributed by atoms with E-state index >= 15 is 0 Å². The SMILES string of the molecule is CCOc1ccccc1OCCNc1ccc(CCl)cc1. The first kappa shape index (κ1) is 15.5. The Morgan fingerprint density at radius 3 is 2.24 bits per heavy atom. The lowest BCUT2D eigenvalue weighted by atomic mass is 10.2. The fourth-order valence-electron chi connectivity index (χ4n) is 1.91. The summed E-state index contributed by atoms with van der Waals surface area (Å²) in [5.41, 5.74) is 2.18. The van der Waals surface area contributed by atoms with Gasteiger partial charge >= 0.3 is 0 Å². The number of nitrogens with one attached hydrogen (secondary N) is 1. The van der Waals surface area contributed by atoms with Crippen LogP contribution in [-0.2, 0) is 5.88 Å². The molecule has 0 saturated heterocycles. The molecule has 0 aliphatic carbocycles. The lowest BCUT2D eigenvalue weighted by Crippen LogP contribution is -2.12. The van der Waals surface area contributed by atoms with Gasteiger partial charge in [0.05, 0.1) is 6.61 Å². The monoisotopic (exact) mass is 305 g/mol. The van der Waals surface area contributed by atoms with E-state index in [2.05, 4.69) is 5.32 Å². The van der Waals surface area contributed by atoms with E-state index in [0.29, 0.717) is 19.1 Å². The zero-order valence-electron chi connectivity index (χ0n) is 12.1. The van der Waals surface area contributed by atoms with Gasteiger partial charge in [0.15, 0.2) is 11.5 Å². The van der Waals surface area contributed by atoms with Crippen LogP contribution in [0.1, 0.15) is 12.5 Å². The Bertz CT molecular complexity index is 543. The zero-order valence-corrected chi connectivity index (χ0v) is 12.9. The second kappa shape index (κ2) is 8.42. The summed E-state index contributed by atoms with van der Waals surface area (Å²) in [7, 11) is 0. The minimum Gasteiger partial charge on any atom is -0.490 e. The second-order valence-corrected chi connectivity index (χ2v) is 4.75. The molecule has 4 heteroatoms. The first-order chi connectivity index (χ1) is 10.3. The van der Waals surface area contributed by atoms with Crippen molar-refractivity contribution < 1.29 is 9.47 Å². The number of halogens is 1. The predicted octanol–water partition coefficient (Wildman–Crippen LogP) is 4.32. The number of rotatable bonds is 8. The number of benzene rings is 2. The molecule has 1 N–H and O–H groups in total. The van der Waals surface area contributed by atoms with Gasteiger partial charge in [0, 0.05) is 18.1 Å². The van der Waals surface area contributed by atoms with Crippen molar-refractivity contribution in [2.24, 2.45) is 0 Å². The fourth-order valence-corrected chi connectivity index (χ4v) is 2.09. The number of para-hydroxylation sites is 2. The van der Waals surface area contributed by atoms with Crippen LogP contribution in [0.2, 0.25) is 0 Å². The number of hydrogen-bond donors (Lipinski definition) is 1. The molecule has 21 heavy (non-hydrogen) atoms. The molecule has 112 valence electrons. The van der Waals surface area contributed by atoms with Crippen LogP contribution in [0.15, 0.2) is 48.5 Å². The molecule has 3 nitrogen and oxygen atoms in total. The minimum atomic E-state index is 0.539. The Hall–Kier alpha value is -1.87. The molecule has 0 aliphatic rings. The Morgan fingerprint density at radius 2 is 1.62 bits per heavy atom. The van der Waals surface area contributed by atoms with Gasteiger partial charge in [-0.25, -0.2) is 0 Å². The van der Waals surface area contributed by atoms with Crippen molar-refractivity contribution in [1.29, 1.82) is 0 Å². The van der Waals surface area contributed by atoms with E-state index in [1.165, 1.54) is 0 Å². The number of anilines is 1. The van der Waals surface area contributed by atoms with E-state index in [4.69, 9.17) is 21.1 Å². The highest BCUT2D eigenvalue weighted by atomic mass is 35.5. The molecule has 0 heterocycles. The maximum atomic E-state index is 5.76. The van der Waals surface area contributed by atoms with E-state index in [1.807, 2.05) is 55.5 Å². The average Bonchev–Trinajstić information content (AvgIpc) is 2.54. The van der Waals surface area contributed by atoms with Crippen LogP contribution in [0, 0.1) is 0 Å². The quantitative estimate of drug-likeness (QED) is 0.582. The number of ether oxygens (including phenoxy) is 2. The van der Waals surface area contributed by atoms with Crippen molar-refractivity contribution in [3.8, 4) is 11.5 Å². The average molecular weight is 306 g/mol. The van der Waals surface area contributed by atoms with Crippen LogP contribution >= 0.6 is 11.6 Å². The number of alkyl halides is 1. The second-order valence-electron chi connectivity index (χ2n) is 4.49. The van der Waals surface area contributed by atoms with Crippen LogP contribution in [0.3, 0.4) is 0 Å². The van der Waals surface area contributed by atoms with Gasteiger partial charge < -0.3 is 14.8 Å². The Labute approximate surface area is 130 Å². The maximum Gasteiger partial charge on any atom is 0.161 e. The third-order valence-electron chi connectivity index (χ3n) is 2.95. The smallest absolute Gasteiger partial charge is 0.161 e. The van der Waals surface area contributed by atoms with Crippen LogP contribution in [0.5, 0.6) is 11.5 Å². The summed E-state index contributed by atoms with van der Waals surface area (Å²) in [5, 5.41) is 3.31. The van der Waals surface area contributed by atoms with E-state index in [9.17, 15) is 0 Å². The standard InChI is InChI=1S/C17H20ClNO2/c1-2-20-16-5-3-4-6-17(16)21-12-11-19-15-9-7-14(13-18)8-10-15/h3-10,19H,2,11-13H2,1H3. The number of hydrogen-bond acceptors (Lipinski definition) is 3. The summed E-state index contributed by atoms with van der Waals surface area (Å²) in [6, 6.07) is 15.8. The normalized spacial score (nSPS) is 10.2. The van der Waals surface area contributed by atoms with Crippen LogP contribution in [-0.4, -0.2) is 19.8 Å². The summed E-state index contributed by atoms with van der Waals surface area (Å²) in [4.78, 5) is 0. The molecule has 0 unspecified atom stereocenters. The summed E-state index contributed by atoms with van der Waals surface area (Å²) in [6.07, 6.45) is 0. The lowest BCUT2D eigenvalue weighted by Gasteiger charge is -2.12. The van der Waals surface area contributed by atoms with E-state index in [-0.39, 0.29) is 0 Å². The van der Waals surface area contributed by atoms with E-state index in [0.717, 1.165) is 29.3 Å². The topological polar surface area (TPSA) is 30.5 Å². The van der Waals surface area contributed by atoms with Gasteiger partial charge in [-0.2, -0.15) is 0 Å². The minimum absolute atomic E-state index is 0.539. The van der Waals surface area contributed by atoms with Gasteiger partial charge in [-0.3, -0.25) is 0 Å². The highest BCUT2D eigenvalue weighted by Crippen LogP contribution is 2.26. The maximum absolute atomic E-state index is 5.76. The molecule has 0 amide bonds. The van der Waals surface area contributed by atoms with Gasteiger partial charge in [-0.15, -0.1) is 11.6 Å². The fraction of sp³-hybridized carbons (Fsp3) is 0.294. The predicted molar refractivity (Wildman–Crippen MR) is 87.6 cm³/mol. The molecule has 0 saturated carbocycles. The molecule has 0 atom stereocenters. The molecule has 2 rings (SSSR count). The molecule has 2 aromatic rings. The molecule has 2 aromatic carbocycles. The van der Waals surface area contributed by atoms with Crippen molar-refractivity contribution in [3.05, 3.63) is 54.1 Å². The summed E-state index contributed by atoms with van der Waals surface area (Å²) in [6.45, 7) is 3.89. The molecule has 0 aliphatic heterocycles. The Kier molecular flexibility index (Phi) is 6.22. The molecular weight excluding hydrogens is 286 g/mol. The van der Waals surface area contributed by atoms with Gasteiger partial charge in [0.2, 0.25) is 0 Å². The summed E-state index contributed by atoms with van der Waals surface area (Å²) >= 11 is 5.76. The largest absolute Gasteiger partial charge is 0.490 e. The van der Waals surface area contributed by atoms with Crippen molar-refractivity contribution in [2.75, 3.05) is 25.1 Å². The van der Waals surface area contributed by atoms with Crippen molar-refractivity contribution in [3.63, 3.8) is 0 Å². The van der Waals surface area contributed by atoms with Crippen molar-refractivity contribution in [1.82, 2.24) is 0 Å². The first-order valence-corrected chi connectivity index (χ1v) is 7.60. The van der Waals surface area contributed by atoms with Gasteiger partial charge in [0.25, 0.3) is 0 Å². The van der Waals surface area contributed by atoms with Gasteiger partial charge in [0.1, 0.15) is 6.61 Å². The zero-order chi connectivity index (χ0) is 14.9. The highest BCUT2D eigenvalue weighted by Gasteiger charge is 2.02. The Morgan fingerprint density at radius 1 is 0.952 bits per heavy atom. The van der Waals surface area contributed by atoms with Gasteiger partial charge in [-0.05, 0) is 36.8 Å². The van der Waals surface area contributed by atoms with E-state index < -0.39 is 0 Å². The molecule has 0 aromatic heterocycles. The van der Waals surface area contributed by atoms with E-state index in [1.54, 1.807) is 0 Å². The summed E-state index contributed by atoms with van der Waals surface area (Å²) in [5.74, 6) is 2.10. The first-order valence-electron chi connectivity index (χ1n) is 7.07. The van der Waals surface area contributed by atoms with Gasteiger partial charge in [-0.1, -0.05) is 24.3 Å². The van der Waals surface area contributed by atoms with Crippen LogP contribution < -0.4 is 14.8 Å². The summed E-state index contributed by atoms with van der Waals surface area (Å²) < 4.78 is 11.3. The van der Waals surface area contributed by atoms with Crippen molar-refractivity contribution >= 4 is 17.3 Å². The molecule has 0 spiro atoms. The molecular formula is C17H20ClNO2.